The van der Waals surface area contributed by atoms with Crippen molar-refractivity contribution in [1.82, 2.24) is 9.88 Å². The second kappa shape index (κ2) is 14.8. The van der Waals surface area contributed by atoms with E-state index in [0.29, 0.717) is 17.9 Å². The zero-order chi connectivity index (χ0) is 31.0. The van der Waals surface area contributed by atoms with Gasteiger partial charge in [0, 0.05) is 29.4 Å². The molecule has 2 nitrogen and oxygen atoms in total. The molecule has 0 radical (unpaired) electrons. The van der Waals surface area contributed by atoms with E-state index < -0.39 is 0 Å². The average Bonchev–Trinajstić information content (AvgIpc) is 3.65. The molecule has 4 atom stereocenters. The summed E-state index contributed by atoms with van der Waals surface area (Å²) >= 11 is 0. The van der Waals surface area contributed by atoms with Crippen molar-refractivity contribution < 1.29 is 0 Å². The molecule has 4 rings (SSSR count). The van der Waals surface area contributed by atoms with Gasteiger partial charge in [-0.3, -0.25) is 4.98 Å². The van der Waals surface area contributed by atoms with Gasteiger partial charge < -0.3 is 4.90 Å². The summed E-state index contributed by atoms with van der Waals surface area (Å²) in [6.45, 7) is 23.0. The van der Waals surface area contributed by atoms with Crippen molar-refractivity contribution in [3.05, 3.63) is 112 Å². The lowest BCUT2D eigenvalue weighted by Crippen LogP contribution is -2.31. The Balaban J connectivity index is 0.000000287. The summed E-state index contributed by atoms with van der Waals surface area (Å²) in [7, 11) is 2.29. The van der Waals surface area contributed by atoms with E-state index in [0.717, 1.165) is 17.6 Å². The van der Waals surface area contributed by atoms with Crippen LogP contribution in [-0.2, 0) is 6.42 Å². The van der Waals surface area contributed by atoms with Crippen molar-refractivity contribution >= 4 is 0 Å². The Labute approximate surface area is 257 Å². The first-order valence-electron chi connectivity index (χ1n) is 15.9. The number of hydrogen-bond acceptors (Lipinski definition) is 2. The third-order valence-electron chi connectivity index (χ3n) is 9.55. The van der Waals surface area contributed by atoms with E-state index in [1.54, 1.807) is 0 Å². The minimum Gasteiger partial charge on any atom is -0.304 e. The number of fused-ring (bicyclic) bond motifs is 1. The van der Waals surface area contributed by atoms with Crippen LogP contribution in [-0.4, -0.2) is 29.5 Å². The smallest absolute Gasteiger partial charge is 0.0374 e. The van der Waals surface area contributed by atoms with Gasteiger partial charge in [-0.1, -0.05) is 80.7 Å². The molecular formula is C40H54N2. The zero-order valence-electron chi connectivity index (χ0n) is 27.8. The molecule has 0 amide bonds. The minimum atomic E-state index is 0.0897. The molecule has 1 aromatic heterocycles. The van der Waals surface area contributed by atoms with Gasteiger partial charge in [-0.15, -0.1) is 6.42 Å². The molecule has 0 bridgehead atoms. The van der Waals surface area contributed by atoms with Crippen LogP contribution >= 0.6 is 0 Å². The van der Waals surface area contributed by atoms with Crippen molar-refractivity contribution in [2.45, 2.75) is 99.5 Å². The molecule has 0 saturated carbocycles. The maximum atomic E-state index is 5.46. The van der Waals surface area contributed by atoms with E-state index in [2.05, 4.69) is 134 Å². The van der Waals surface area contributed by atoms with Gasteiger partial charge in [0.2, 0.25) is 0 Å². The van der Waals surface area contributed by atoms with Crippen LogP contribution in [0.4, 0.5) is 0 Å². The molecule has 42 heavy (non-hydrogen) atoms. The highest BCUT2D eigenvalue weighted by molar-refractivity contribution is 5.72. The molecule has 2 aliphatic carbocycles. The van der Waals surface area contributed by atoms with E-state index in [1.165, 1.54) is 71.2 Å². The standard InChI is InChI=1S/C26H40N2.C14H14/c1-7-9-22(5)28(6)17-15-23(8-2)26(24-12-10-20(3)11-13-24)18-25-19-27-16-14-21(25)4;1-6-11-7-10(4)13(9(2)3)14(5)8-12(11)14/h10-14,16,19,22-23,26H,7-9,15,17-18H2,1-6H3;1,7-8H,2H2,3-5H3/t22-,23?,26?;/m1./s1. The fourth-order valence-corrected chi connectivity index (χ4v) is 6.73. The minimum absolute atomic E-state index is 0.0897. The zero-order valence-corrected chi connectivity index (χ0v) is 27.8. The number of terminal acetylenes is 1. The number of hydrogen-bond donors (Lipinski definition) is 0. The topological polar surface area (TPSA) is 16.1 Å². The Morgan fingerprint density at radius 1 is 1.10 bits per heavy atom. The molecule has 2 aromatic rings. The van der Waals surface area contributed by atoms with Crippen molar-refractivity contribution in [2.75, 3.05) is 13.6 Å². The quantitative estimate of drug-likeness (QED) is 0.239. The van der Waals surface area contributed by atoms with Crippen molar-refractivity contribution in [2.24, 2.45) is 11.3 Å². The van der Waals surface area contributed by atoms with E-state index in [9.17, 15) is 0 Å². The molecule has 1 heterocycles. The van der Waals surface area contributed by atoms with Gasteiger partial charge in [-0.25, -0.2) is 0 Å². The second-order valence-electron chi connectivity index (χ2n) is 12.9. The van der Waals surface area contributed by atoms with Crippen LogP contribution in [0.1, 0.15) is 95.4 Å². The highest BCUT2D eigenvalue weighted by Gasteiger charge is 2.46. The van der Waals surface area contributed by atoms with Crippen LogP contribution in [0.2, 0.25) is 0 Å². The summed E-state index contributed by atoms with van der Waals surface area (Å²) in [5.74, 6) is 3.96. The van der Waals surface area contributed by atoms with Crippen LogP contribution in [0, 0.1) is 37.5 Å². The predicted octanol–water partition coefficient (Wildman–Crippen LogP) is 9.96. The fourth-order valence-electron chi connectivity index (χ4n) is 6.73. The second-order valence-corrected chi connectivity index (χ2v) is 12.9. The molecule has 0 N–H and O–H groups in total. The monoisotopic (exact) mass is 562 g/mol. The molecular weight excluding hydrogens is 508 g/mol. The van der Waals surface area contributed by atoms with E-state index in [-0.39, 0.29) is 5.41 Å². The predicted molar refractivity (Wildman–Crippen MR) is 183 cm³/mol. The highest BCUT2D eigenvalue weighted by atomic mass is 15.1. The van der Waals surface area contributed by atoms with Crippen LogP contribution in [0.5, 0.6) is 0 Å². The van der Waals surface area contributed by atoms with Gasteiger partial charge >= 0.3 is 0 Å². The van der Waals surface area contributed by atoms with Crippen LogP contribution in [0.15, 0.2) is 89.3 Å². The maximum Gasteiger partial charge on any atom is 0.0374 e. The van der Waals surface area contributed by atoms with Gasteiger partial charge in [-0.05, 0) is 132 Å². The summed E-state index contributed by atoms with van der Waals surface area (Å²) in [5.41, 5.74) is 11.7. The van der Waals surface area contributed by atoms with Gasteiger partial charge in [0.05, 0.1) is 0 Å². The van der Waals surface area contributed by atoms with Gasteiger partial charge in [0.15, 0.2) is 0 Å². The van der Waals surface area contributed by atoms with Crippen LogP contribution in [0.3, 0.4) is 0 Å². The molecule has 3 unspecified atom stereocenters. The average molecular weight is 563 g/mol. The molecule has 0 fully saturated rings. The van der Waals surface area contributed by atoms with Crippen molar-refractivity contribution in [3.8, 4) is 12.3 Å². The number of allylic oxidation sites excluding steroid dienone is 7. The Morgan fingerprint density at radius 3 is 2.36 bits per heavy atom. The number of aryl methyl sites for hydroxylation is 2. The molecule has 2 aliphatic rings. The number of rotatable bonds is 12. The summed E-state index contributed by atoms with van der Waals surface area (Å²) < 4.78 is 0. The van der Waals surface area contributed by atoms with Gasteiger partial charge in [0.25, 0.3) is 0 Å². The van der Waals surface area contributed by atoms with Crippen molar-refractivity contribution in [3.63, 3.8) is 0 Å². The first-order chi connectivity index (χ1) is 20.0. The SMILES string of the molecule is C#CC1=CC(C)=C(C(=C)C)C2(C)C=C12.CCC[C@@H](C)N(C)CCC(CC)C(Cc1cnccc1C)c1ccc(C)cc1. The lowest BCUT2D eigenvalue weighted by Gasteiger charge is -2.31. The Bertz CT molecular complexity index is 1360. The summed E-state index contributed by atoms with van der Waals surface area (Å²) in [6, 6.07) is 12.0. The number of pyridine rings is 1. The van der Waals surface area contributed by atoms with E-state index >= 15 is 0 Å². The van der Waals surface area contributed by atoms with Crippen LogP contribution in [0.25, 0.3) is 0 Å². The van der Waals surface area contributed by atoms with Crippen molar-refractivity contribution in [1.29, 1.82) is 0 Å². The fraction of sp³-hybridized carbons (Fsp3) is 0.475. The Kier molecular flexibility index (Phi) is 11.8. The Morgan fingerprint density at radius 2 is 1.79 bits per heavy atom. The lowest BCUT2D eigenvalue weighted by atomic mass is 9.78. The van der Waals surface area contributed by atoms with Gasteiger partial charge in [-0.2, -0.15) is 0 Å². The first kappa shape index (κ1) is 33.4. The molecule has 1 aromatic carbocycles. The molecule has 0 aliphatic heterocycles. The molecule has 2 heteroatoms. The normalized spacial score (nSPS) is 19.5. The largest absolute Gasteiger partial charge is 0.304 e. The summed E-state index contributed by atoms with van der Waals surface area (Å²) in [6.07, 6.45) is 19.8. The Hall–Kier alpha value is -3.15. The third-order valence-corrected chi connectivity index (χ3v) is 9.55. The molecule has 224 valence electrons. The molecule has 0 spiro atoms. The summed E-state index contributed by atoms with van der Waals surface area (Å²) in [4.78, 5) is 6.95. The third kappa shape index (κ3) is 8.02. The van der Waals surface area contributed by atoms with E-state index in [4.69, 9.17) is 6.42 Å². The van der Waals surface area contributed by atoms with Gasteiger partial charge in [0.1, 0.15) is 0 Å². The highest BCUT2D eigenvalue weighted by Crippen LogP contribution is 2.58. The number of nitrogens with zero attached hydrogens (tertiary/aromatic N) is 2. The van der Waals surface area contributed by atoms with E-state index in [1.807, 2.05) is 6.20 Å². The maximum absolute atomic E-state index is 5.46. The first-order valence-corrected chi connectivity index (χ1v) is 15.9. The lowest BCUT2D eigenvalue weighted by molar-refractivity contribution is 0.216. The number of benzene rings is 1. The number of aromatic nitrogens is 1. The molecule has 0 saturated heterocycles. The van der Waals surface area contributed by atoms with Crippen LogP contribution < -0.4 is 0 Å². The summed E-state index contributed by atoms with van der Waals surface area (Å²) in [5, 5.41) is 0.